The van der Waals surface area contributed by atoms with Crippen LogP contribution in [0.5, 0.6) is 0 Å². The van der Waals surface area contributed by atoms with Crippen molar-refractivity contribution in [3.8, 4) is 0 Å². The van der Waals surface area contributed by atoms with E-state index in [1.807, 2.05) is 6.92 Å². The fourth-order valence-electron chi connectivity index (χ4n) is 1.89. The second kappa shape index (κ2) is 7.40. The van der Waals surface area contributed by atoms with E-state index < -0.39 is 16.0 Å². The molecule has 1 aromatic rings. The Morgan fingerprint density at radius 3 is 2.45 bits per heavy atom. The zero-order valence-electron chi connectivity index (χ0n) is 12.1. The third-order valence-corrected chi connectivity index (χ3v) is 5.06. The fourth-order valence-corrected chi connectivity index (χ4v) is 3.56. The molecule has 0 amide bonds. The van der Waals surface area contributed by atoms with Crippen LogP contribution in [0.2, 0.25) is 0 Å². The lowest BCUT2D eigenvalue weighted by Crippen LogP contribution is -2.33. The summed E-state index contributed by atoms with van der Waals surface area (Å²) in [6.07, 6.45) is 1.69. The third-order valence-electron chi connectivity index (χ3n) is 3.02. The molecule has 0 radical (unpaired) electrons. The Labute approximate surface area is 120 Å². The minimum absolute atomic E-state index is 0.00445. The van der Waals surface area contributed by atoms with Gasteiger partial charge in [-0.3, -0.25) is 0 Å². The maximum Gasteiger partial charge on any atom is 0.339 e. The second-order valence-corrected chi connectivity index (χ2v) is 6.24. The average Bonchev–Trinajstić information content (AvgIpc) is 2.47. The van der Waals surface area contributed by atoms with Crippen LogP contribution in [0.3, 0.4) is 0 Å². The summed E-state index contributed by atoms with van der Waals surface area (Å²) in [5, 5.41) is 0. The Kier molecular flexibility index (Phi) is 6.16. The van der Waals surface area contributed by atoms with Gasteiger partial charge < -0.3 is 4.74 Å². The van der Waals surface area contributed by atoms with Crippen LogP contribution in [0.1, 0.15) is 37.0 Å². The highest BCUT2D eigenvalue weighted by atomic mass is 32.2. The maximum atomic E-state index is 12.6. The number of esters is 1. The Balaban J connectivity index is 3.24. The van der Waals surface area contributed by atoms with Gasteiger partial charge in [0.25, 0.3) is 0 Å². The first-order valence-corrected chi connectivity index (χ1v) is 8.10. The van der Waals surface area contributed by atoms with Gasteiger partial charge >= 0.3 is 5.97 Å². The predicted molar refractivity (Wildman–Crippen MR) is 77.1 cm³/mol. The number of hydrogen-bond donors (Lipinski definition) is 0. The van der Waals surface area contributed by atoms with Crippen LogP contribution in [-0.2, 0) is 14.8 Å². The molecule has 0 saturated carbocycles. The molecule has 0 aliphatic heterocycles. The monoisotopic (exact) mass is 299 g/mol. The second-order valence-electron chi connectivity index (χ2n) is 4.34. The van der Waals surface area contributed by atoms with Crippen molar-refractivity contribution in [2.24, 2.45) is 0 Å². The summed E-state index contributed by atoms with van der Waals surface area (Å²) in [6.45, 7) is 4.61. The quantitative estimate of drug-likeness (QED) is 0.725. The molecule has 0 N–H and O–H groups in total. The van der Waals surface area contributed by atoms with Crippen molar-refractivity contribution in [2.45, 2.75) is 31.6 Å². The number of carbonyl (C=O) groups is 1. The van der Waals surface area contributed by atoms with E-state index in [1.165, 1.54) is 23.5 Å². The molecular formula is C14H21NO4S. The van der Waals surface area contributed by atoms with Gasteiger partial charge in [-0.05, 0) is 18.6 Å². The number of unbranched alkanes of at least 4 members (excludes halogenated alkanes) is 1. The smallest absolute Gasteiger partial charge is 0.339 e. The number of hydrogen-bond acceptors (Lipinski definition) is 4. The first-order chi connectivity index (χ1) is 9.48. The molecule has 20 heavy (non-hydrogen) atoms. The molecular weight excluding hydrogens is 278 g/mol. The van der Waals surface area contributed by atoms with Crippen molar-refractivity contribution in [1.29, 1.82) is 0 Å². The zero-order valence-corrected chi connectivity index (χ0v) is 12.9. The number of methoxy groups -OCH3 is 1. The van der Waals surface area contributed by atoms with Gasteiger partial charge in [0.15, 0.2) is 0 Å². The summed E-state index contributed by atoms with van der Waals surface area (Å²) in [4.78, 5) is 11.7. The van der Waals surface area contributed by atoms with E-state index in [4.69, 9.17) is 0 Å². The lowest BCUT2D eigenvalue weighted by Gasteiger charge is -2.21. The number of nitrogens with zero attached hydrogens (tertiary/aromatic N) is 1. The Morgan fingerprint density at radius 1 is 1.25 bits per heavy atom. The zero-order chi connectivity index (χ0) is 15.2. The summed E-state index contributed by atoms with van der Waals surface area (Å²) < 4.78 is 31.3. The Hall–Kier alpha value is -1.40. The molecule has 0 aliphatic rings. The molecule has 112 valence electrons. The van der Waals surface area contributed by atoms with Crippen LogP contribution in [0.15, 0.2) is 29.2 Å². The third kappa shape index (κ3) is 3.58. The van der Waals surface area contributed by atoms with Crippen LogP contribution >= 0.6 is 0 Å². The minimum atomic E-state index is -3.68. The highest BCUT2D eigenvalue weighted by Crippen LogP contribution is 2.21. The fraction of sp³-hybridized carbons (Fsp3) is 0.500. The lowest BCUT2D eigenvalue weighted by molar-refractivity contribution is 0.0596. The van der Waals surface area contributed by atoms with Crippen molar-refractivity contribution in [2.75, 3.05) is 20.2 Å². The lowest BCUT2D eigenvalue weighted by atomic mass is 10.2. The van der Waals surface area contributed by atoms with E-state index in [0.29, 0.717) is 13.1 Å². The van der Waals surface area contributed by atoms with Crippen molar-refractivity contribution in [1.82, 2.24) is 4.31 Å². The number of rotatable bonds is 7. The van der Waals surface area contributed by atoms with E-state index in [-0.39, 0.29) is 10.5 Å². The summed E-state index contributed by atoms with van der Waals surface area (Å²) >= 11 is 0. The van der Waals surface area contributed by atoms with E-state index in [0.717, 1.165) is 12.8 Å². The Bertz CT molecular complexity index is 554. The largest absolute Gasteiger partial charge is 0.465 e. The summed E-state index contributed by atoms with van der Waals surface area (Å²) in [5.41, 5.74) is 0.0740. The van der Waals surface area contributed by atoms with Gasteiger partial charge in [0.05, 0.1) is 17.6 Å². The number of benzene rings is 1. The van der Waals surface area contributed by atoms with Crippen LogP contribution in [-0.4, -0.2) is 38.9 Å². The average molecular weight is 299 g/mol. The summed E-state index contributed by atoms with van der Waals surface area (Å²) in [7, 11) is -2.44. The molecule has 0 saturated heterocycles. The van der Waals surface area contributed by atoms with Gasteiger partial charge in [-0.2, -0.15) is 4.31 Å². The van der Waals surface area contributed by atoms with Gasteiger partial charge in [-0.15, -0.1) is 0 Å². The maximum absolute atomic E-state index is 12.6. The van der Waals surface area contributed by atoms with Gasteiger partial charge in [0.1, 0.15) is 0 Å². The first kappa shape index (κ1) is 16.7. The van der Waals surface area contributed by atoms with Crippen molar-refractivity contribution < 1.29 is 17.9 Å². The molecule has 0 aromatic heterocycles. The van der Waals surface area contributed by atoms with Crippen LogP contribution in [0.4, 0.5) is 0 Å². The van der Waals surface area contributed by atoms with Gasteiger partial charge in [-0.1, -0.05) is 32.4 Å². The molecule has 0 unspecified atom stereocenters. The minimum Gasteiger partial charge on any atom is -0.465 e. The van der Waals surface area contributed by atoms with Crippen molar-refractivity contribution in [3.05, 3.63) is 29.8 Å². The van der Waals surface area contributed by atoms with Crippen LogP contribution < -0.4 is 0 Å². The van der Waals surface area contributed by atoms with Crippen LogP contribution in [0, 0.1) is 0 Å². The summed E-state index contributed by atoms with van der Waals surface area (Å²) in [5.74, 6) is -0.643. The number of sulfonamides is 1. The predicted octanol–water partition coefficient (Wildman–Crippen LogP) is 2.28. The Morgan fingerprint density at radius 2 is 1.90 bits per heavy atom. The van der Waals surface area contributed by atoms with Crippen molar-refractivity contribution >= 4 is 16.0 Å². The van der Waals surface area contributed by atoms with Crippen LogP contribution in [0.25, 0.3) is 0 Å². The number of ether oxygens (including phenoxy) is 1. The van der Waals surface area contributed by atoms with E-state index in [9.17, 15) is 13.2 Å². The summed E-state index contributed by atoms with van der Waals surface area (Å²) in [6, 6.07) is 6.13. The molecule has 1 rings (SSSR count). The van der Waals surface area contributed by atoms with E-state index in [1.54, 1.807) is 19.1 Å². The number of carbonyl (C=O) groups excluding carboxylic acids is 1. The molecule has 0 spiro atoms. The van der Waals surface area contributed by atoms with Gasteiger partial charge in [0, 0.05) is 13.1 Å². The highest BCUT2D eigenvalue weighted by molar-refractivity contribution is 7.89. The molecule has 0 fully saturated rings. The molecule has 0 atom stereocenters. The first-order valence-electron chi connectivity index (χ1n) is 6.66. The highest BCUT2D eigenvalue weighted by Gasteiger charge is 2.27. The molecule has 6 heteroatoms. The normalized spacial score (nSPS) is 11.6. The molecule has 5 nitrogen and oxygen atoms in total. The molecule has 0 heterocycles. The molecule has 0 aliphatic carbocycles. The molecule has 0 bridgehead atoms. The standard InChI is InChI=1S/C14H21NO4S/c1-4-6-11-15(5-2)20(17,18)13-10-8-7-9-12(13)14(16)19-3/h7-10H,4-6,11H2,1-3H3. The van der Waals surface area contributed by atoms with Gasteiger partial charge in [0.2, 0.25) is 10.0 Å². The van der Waals surface area contributed by atoms with E-state index in [2.05, 4.69) is 4.74 Å². The van der Waals surface area contributed by atoms with Gasteiger partial charge in [-0.25, -0.2) is 13.2 Å². The topological polar surface area (TPSA) is 63.7 Å². The van der Waals surface area contributed by atoms with Crippen molar-refractivity contribution in [3.63, 3.8) is 0 Å². The van der Waals surface area contributed by atoms with E-state index >= 15 is 0 Å². The SMILES string of the molecule is CCCCN(CC)S(=O)(=O)c1ccccc1C(=O)OC. The molecule has 1 aromatic carbocycles.